The van der Waals surface area contributed by atoms with Gasteiger partial charge in [-0.05, 0) is 44.5 Å². The van der Waals surface area contributed by atoms with Crippen molar-refractivity contribution >= 4 is 21.8 Å². The Bertz CT molecular complexity index is 385. The van der Waals surface area contributed by atoms with Crippen LogP contribution in [0, 0.1) is 0 Å². The molecule has 0 radical (unpaired) electrons. The van der Waals surface area contributed by atoms with Crippen molar-refractivity contribution in [2.24, 2.45) is 0 Å². The molecule has 0 aliphatic carbocycles. The Morgan fingerprint density at radius 2 is 1.94 bits per heavy atom. The van der Waals surface area contributed by atoms with Crippen molar-refractivity contribution in [3.63, 3.8) is 0 Å². The molecule has 0 aromatic heterocycles. The van der Waals surface area contributed by atoms with Crippen molar-refractivity contribution < 1.29 is 9.53 Å². The quantitative estimate of drug-likeness (QED) is 0.818. The number of amides is 1. The Morgan fingerprint density at radius 1 is 1.33 bits per heavy atom. The number of nitrogens with one attached hydrogen (secondary N) is 1. The van der Waals surface area contributed by atoms with E-state index in [1.165, 1.54) is 0 Å². The van der Waals surface area contributed by atoms with Crippen LogP contribution in [0.3, 0.4) is 0 Å². The van der Waals surface area contributed by atoms with E-state index < -0.39 is 0 Å². The summed E-state index contributed by atoms with van der Waals surface area (Å²) < 4.78 is 5.34. The molecule has 0 saturated carbocycles. The number of carbonyl (C=O) groups is 1. The monoisotopic (exact) mass is 313 g/mol. The molecule has 18 heavy (non-hydrogen) atoms. The minimum absolute atomic E-state index is 0.0538. The maximum absolute atomic E-state index is 12.1. The summed E-state index contributed by atoms with van der Waals surface area (Å²) in [4.78, 5) is 12.1. The summed E-state index contributed by atoms with van der Waals surface area (Å²) in [5.41, 5.74) is 0.439. The predicted molar refractivity (Wildman–Crippen MR) is 77.6 cm³/mol. The van der Waals surface area contributed by atoms with Gasteiger partial charge in [0.2, 0.25) is 0 Å². The highest BCUT2D eigenvalue weighted by atomic mass is 79.9. The Balaban J connectivity index is 2.72. The molecular formula is C14H20BrNO2. The van der Waals surface area contributed by atoms with Gasteiger partial charge in [0.15, 0.2) is 0 Å². The van der Waals surface area contributed by atoms with E-state index in [0.29, 0.717) is 12.2 Å². The number of hydrogen-bond acceptors (Lipinski definition) is 2. The van der Waals surface area contributed by atoms with Gasteiger partial charge in [0.1, 0.15) is 5.75 Å². The third-order valence-electron chi connectivity index (χ3n) is 2.92. The van der Waals surface area contributed by atoms with Crippen LogP contribution in [0.1, 0.15) is 37.6 Å². The molecule has 4 heteroatoms. The van der Waals surface area contributed by atoms with Gasteiger partial charge in [-0.3, -0.25) is 4.79 Å². The average Bonchev–Trinajstić information content (AvgIpc) is 2.39. The van der Waals surface area contributed by atoms with Crippen LogP contribution in [0.15, 0.2) is 24.3 Å². The molecule has 3 nitrogen and oxygen atoms in total. The van der Waals surface area contributed by atoms with E-state index in [1.54, 1.807) is 12.1 Å². The first-order valence-corrected chi connectivity index (χ1v) is 7.28. The van der Waals surface area contributed by atoms with Gasteiger partial charge in [0, 0.05) is 16.4 Å². The third kappa shape index (κ3) is 4.02. The van der Waals surface area contributed by atoms with Crippen molar-refractivity contribution in [3.05, 3.63) is 29.8 Å². The van der Waals surface area contributed by atoms with E-state index in [9.17, 15) is 4.79 Å². The molecule has 0 aliphatic heterocycles. The minimum atomic E-state index is -0.213. The molecule has 1 amide bonds. The van der Waals surface area contributed by atoms with Crippen molar-refractivity contribution in [2.75, 3.05) is 11.9 Å². The summed E-state index contributed by atoms with van der Waals surface area (Å²) in [6.07, 6.45) is 0.876. The molecule has 1 rings (SSSR count). The summed E-state index contributed by atoms with van der Waals surface area (Å²) in [6.45, 7) is 6.64. The molecule has 1 aromatic carbocycles. The van der Waals surface area contributed by atoms with Crippen LogP contribution in [0.2, 0.25) is 0 Å². The molecule has 1 aromatic rings. The SMILES string of the molecule is CCOc1ccc(C(=O)NC(C)(CC)CBr)cc1. The largest absolute Gasteiger partial charge is 0.494 e. The molecule has 0 spiro atoms. The number of rotatable bonds is 6. The second-order valence-electron chi connectivity index (χ2n) is 4.46. The lowest BCUT2D eigenvalue weighted by Gasteiger charge is -2.27. The van der Waals surface area contributed by atoms with E-state index in [1.807, 2.05) is 26.0 Å². The van der Waals surface area contributed by atoms with Crippen LogP contribution >= 0.6 is 15.9 Å². The summed E-state index contributed by atoms with van der Waals surface area (Å²) in [5.74, 6) is 0.731. The van der Waals surface area contributed by atoms with E-state index in [0.717, 1.165) is 17.5 Å². The first-order valence-electron chi connectivity index (χ1n) is 6.16. The predicted octanol–water partition coefficient (Wildman–Crippen LogP) is 3.38. The van der Waals surface area contributed by atoms with E-state index >= 15 is 0 Å². The van der Waals surface area contributed by atoms with Crippen molar-refractivity contribution in [3.8, 4) is 5.75 Å². The highest BCUT2D eigenvalue weighted by Gasteiger charge is 2.23. The van der Waals surface area contributed by atoms with Gasteiger partial charge >= 0.3 is 0 Å². The molecule has 0 bridgehead atoms. The Labute approximate surface area is 117 Å². The van der Waals surface area contributed by atoms with Crippen LogP contribution in [-0.4, -0.2) is 23.4 Å². The molecule has 1 unspecified atom stereocenters. The zero-order valence-electron chi connectivity index (χ0n) is 11.1. The van der Waals surface area contributed by atoms with Crippen LogP contribution < -0.4 is 10.1 Å². The lowest BCUT2D eigenvalue weighted by Crippen LogP contribution is -2.46. The number of alkyl halides is 1. The summed E-state index contributed by atoms with van der Waals surface area (Å²) in [6, 6.07) is 7.20. The van der Waals surface area contributed by atoms with Gasteiger partial charge in [-0.2, -0.15) is 0 Å². The van der Waals surface area contributed by atoms with E-state index in [2.05, 4.69) is 28.2 Å². The van der Waals surface area contributed by atoms with Crippen LogP contribution in [0.25, 0.3) is 0 Å². The molecule has 0 fully saturated rings. The normalized spacial score (nSPS) is 13.8. The van der Waals surface area contributed by atoms with Gasteiger partial charge in [-0.1, -0.05) is 22.9 Å². The van der Waals surface area contributed by atoms with Gasteiger partial charge in [0.05, 0.1) is 6.61 Å². The molecule has 1 N–H and O–H groups in total. The molecule has 100 valence electrons. The third-order valence-corrected chi connectivity index (χ3v) is 4.16. The van der Waals surface area contributed by atoms with Crippen molar-refractivity contribution in [2.45, 2.75) is 32.7 Å². The fourth-order valence-electron chi connectivity index (χ4n) is 1.43. The highest BCUT2D eigenvalue weighted by Crippen LogP contribution is 2.16. The first kappa shape index (κ1) is 15.0. The van der Waals surface area contributed by atoms with Crippen LogP contribution in [0.4, 0.5) is 0 Å². The lowest BCUT2D eigenvalue weighted by atomic mass is 10.0. The second-order valence-corrected chi connectivity index (χ2v) is 5.02. The topological polar surface area (TPSA) is 38.3 Å². The number of ether oxygens (including phenoxy) is 1. The van der Waals surface area contributed by atoms with Crippen LogP contribution in [-0.2, 0) is 0 Å². The number of carbonyl (C=O) groups excluding carboxylic acids is 1. The maximum Gasteiger partial charge on any atom is 0.251 e. The Morgan fingerprint density at radius 3 is 2.39 bits per heavy atom. The molecular weight excluding hydrogens is 294 g/mol. The smallest absolute Gasteiger partial charge is 0.251 e. The van der Waals surface area contributed by atoms with Crippen LogP contribution in [0.5, 0.6) is 5.75 Å². The fourth-order valence-corrected chi connectivity index (χ4v) is 1.97. The standard InChI is InChI=1S/C14H20BrNO2/c1-4-14(3,10-15)16-13(17)11-6-8-12(9-7-11)18-5-2/h6-9H,4-5,10H2,1-3H3,(H,16,17). The molecule has 0 saturated heterocycles. The van der Waals surface area contributed by atoms with Crippen molar-refractivity contribution in [1.29, 1.82) is 0 Å². The first-order chi connectivity index (χ1) is 8.54. The number of halogens is 1. The van der Waals surface area contributed by atoms with E-state index in [4.69, 9.17) is 4.74 Å². The molecule has 1 atom stereocenters. The van der Waals surface area contributed by atoms with E-state index in [-0.39, 0.29) is 11.4 Å². The highest BCUT2D eigenvalue weighted by molar-refractivity contribution is 9.09. The van der Waals surface area contributed by atoms with Gasteiger partial charge in [-0.15, -0.1) is 0 Å². The number of hydrogen-bond donors (Lipinski definition) is 1. The number of benzene rings is 1. The zero-order valence-corrected chi connectivity index (χ0v) is 12.7. The second kappa shape index (κ2) is 6.78. The maximum atomic E-state index is 12.1. The summed E-state index contributed by atoms with van der Waals surface area (Å²) in [5, 5.41) is 3.77. The zero-order chi connectivity index (χ0) is 13.6. The molecule has 0 heterocycles. The Kier molecular flexibility index (Phi) is 5.66. The molecule has 0 aliphatic rings. The average molecular weight is 314 g/mol. The summed E-state index contributed by atoms with van der Waals surface area (Å²) >= 11 is 3.43. The van der Waals surface area contributed by atoms with Crippen molar-refractivity contribution in [1.82, 2.24) is 5.32 Å². The van der Waals surface area contributed by atoms with Gasteiger partial charge in [0.25, 0.3) is 5.91 Å². The minimum Gasteiger partial charge on any atom is -0.494 e. The fraction of sp³-hybridized carbons (Fsp3) is 0.500. The van der Waals surface area contributed by atoms with Gasteiger partial charge in [-0.25, -0.2) is 0 Å². The van der Waals surface area contributed by atoms with Gasteiger partial charge < -0.3 is 10.1 Å². The lowest BCUT2D eigenvalue weighted by molar-refractivity contribution is 0.0913. The summed E-state index contributed by atoms with van der Waals surface area (Å²) in [7, 11) is 0. The Hall–Kier alpha value is -1.03.